The number of rotatable bonds is 7. The Kier molecular flexibility index (Phi) is 7.73. The average molecular weight is 658 g/mol. The molecule has 3 atom stereocenters. The highest BCUT2D eigenvalue weighted by Gasteiger charge is 2.57. The number of nitro groups is 1. The van der Waals surface area contributed by atoms with E-state index < -0.39 is 39.7 Å². The number of nitrogens with one attached hydrogen (secondary N) is 2. The van der Waals surface area contributed by atoms with Gasteiger partial charge in [0.1, 0.15) is 11.0 Å². The van der Waals surface area contributed by atoms with Crippen molar-refractivity contribution >= 4 is 81.1 Å². The van der Waals surface area contributed by atoms with Crippen molar-refractivity contribution in [3.05, 3.63) is 107 Å². The summed E-state index contributed by atoms with van der Waals surface area (Å²) in [6.45, 7) is -0.384. The molecule has 0 radical (unpaired) electrons. The molecule has 1 aromatic heterocycles. The summed E-state index contributed by atoms with van der Waals surface area (Å²) in [5.41, 5.74) is 0.940. The smallest absolute Gasteiger partial charge is 0.305 e. The van der Waals surface area contributed by atoms with Crippen molar-refractivity contribution in [2.75, 3.05) is 16.8 Å². The van der Waals surface area contributed by atoms with E-state index in [-0.39, 0.29) is 28.6 Å². The Morgan fingerprint density at radius 3 is 2.40 bits per heavy atom. The van der Waals surface area contributed by atoms with Gasteiger partial charge in [-0.25, -0.2) is 4.90 Å². The van der Waals surface area contributed by atoms with Crippen LogP contribution in [0.2, 0.25) is 10.0 Å². The third kappa shape index (κ3) is 5.52. The van der Waals surface area contributed by atoms with Crippen LogP contribution in [0.4, 0.5) is 17.1 Å². The van der Waals surface area contributed by atoms with E-state index in [1.807, 2.05) is 0 Å². The van der Waals surface area contributed by atoms with Gasteiger partial charge in [0, 0.05) is 44.2 Å². The van der Waals surface area contributed by atoms with Gasteiger partial charge in [-0.05, 0) is 54.6 Å². The molecule has 11 nitrogen and oxygen atoms in total. The highest BCUT2D eigenvalue weighted by molar-refractivity contribution is 8.00. The molecule has 1 saturated heterocycles. The first-order valence-electron chi connectivity index (χ1n) is 12.6. The molecule has 3 amide bonds. The van der Waals surface area contributed by atoms with Gasteiger partial charge in [-0.2, -0.15) is 0 Å². The third-order valence-corrected chi connectivity index (χ3v) is 9.82. The normalized spacial score (nSPS) is 19.1. The molecule has 1 fully saturated rings. The number of thiazole rings is 1. The van der Waals surface area contributed by atoms with E-state index in [4.69, 9.17) is 27.9 Å². The van der Waals surface area contributed by atoms with Crippen molar-refractivity contribution in [2.24, 2.45) is 5.92 Å². The Balaban J connectivity index is 1.35. The molecule has 0 unspecified atom stereocenters. The molecule has 2 aliphatic rings. The maximum absolute atomic E-state index is 14.0. The maximum Gasteiger partial charge on any atom is 0.305 e. The summed E-state index contributed by atoms with van der Waals surface area (Å²) in [6.07, 6.45) is 0. The molecule has 43 heavy (non-hydrogen) atoms. The summed E-state index contributed by atoms with van der Waals surface area (Å²) in [4.78, 5) is 67.3. The molecule has 4 aromatic rings. The van der Waals surface area contributed by atoms with Crippen LogP contribution in [0.3, 0.4) is 0 Å². The number of carbonyl (C=O) groups excluding carboxylic acids is 3. The lowest BCUT2D eigenvalue weighted by Gasteiger charge is -2.31. The zero-order chi connectivity index (χ0) is 30.4. The van der Waals surface area contributed by atoms with Gasteiger partial charge in [-0.15, -0.1) is 0 Å². The van der Waals surface area contributed by atoms with E-state index in [2.05, 4.69) is 10.3 Å². The van der Waals surface area contributed by atoms with Crippen molar-refractivity contribution in [2.45, 2.75) is 16.2 Å². The Hall–Kier alpha value is -4.17. The van der Waals surface area contributed by atoms with Gasteiger partial charge in [0.2, 0.25) is 11.8 Å². The van der Waals surface area contributed by atoms with Crippen LogP contribution in [0.15, 0.2) is 76.6 Å². The van der Waals surface area contributed by atoms with Gasteiger partial charge in [0.25, 0.3) is 11.6 Å². The lowest BCUT2D eigenvalue weighted by Crippen LogP contribution is -2.32. The number of aromatic nitrogens is 1. The van der Waals surface area contributed by atoms with Gasteiger partial charge in [0.05, 0.1) is 21.6 Å². The number of ether oxygens (including phenoxy) is 1. The second kappa shape index (κ2) is 11.5. The third-order valence-electron chi connectivity index (χ3n) is 6.94. The molecule has 3 aromatic carbocycles. The summed E-state index contributed by atoms with van der Waals surface area (Å²) in [7, 11) is 0. The Bertz CT molecular complexity index is 1840. The lowest BCUT2D eigenvalue weighted by atomic mass is 9.82. The first kappa shape index (κ1) is 28.9. The van der Waals surface area contributed by atoms with E-state index in [9.17, 15) is 29.3 Å². The van der Waals surface area contributed by atoms with Crippen LogP contribution in [-0.2, 0) is 14.4 Å². The number of anilines is 2. The molecule has 3 heterocycles. The number of H-pyrrole nitrogens is 1. The lowest BCUT2D eigenvalue weighted by molar-refractivity contribution is -0.384. The first-order chi connectivity index (χ1) is 20.6. The molecule has 0 aliphatic carbocycles. The minimum absolute atomic E-state index is 0.187. The fourth-order valence-corrected chi connectivity index (χ4v) is 7.91. The monoisotopic (exact) mass is 656 g/mol. The van der Waals surface area contributed by atoms with Crippen molar-refractivity contribution in [3.8, 4) is 5.75 Å². The highest BCUT2D eigenvalue weighted by atomic mass is 35.5. The standard InChI is InChI=1S/C28H18Cl2N4O7S2/c29-13-1-4-15(5-2-13)31-20(35)12-41-19-10-3-14(30)11-18(19)21-22-24(42-25-23(21)43-28(38)32-25)27(37)33(26(22)36)16-6-8-17(9-7-16)34(39)40/h1-11,21-22,24H,12H2,(H,31,35)(H,32,38)/t21-,22-,24+/m0/s1. The van der Waals surface area contributed by atoms with Crippen LogP contribution in [0, 0.1) is 16.0 Å². The van der Waals surface area contributed by atoms with Crippen LogP contribution in [0.1, 0.15) is 16.4 Å². The summed E-state index contributed by atoms with van der Waals surface area (Å²) in [6, 6.07) is 16.4. The van der Waals surface area contributed by atoms with Crippen molar-refractivity contribution in [3.63, 3.8) is 0 Å². The second-order valence-electron chi connectivity index (χ2n) is 9.56. The zero-order valence-electron chi connectivity index (χ0n) is 21.6. The van der Waals surface area contributed by atoms with E-state index >= 15 is 0 Å². The molecule has 15 heteroatoms. The molecule has 0 saturated carbocycles. The number of non-ortho nitro benzene ring substituents is 1. The number of thioether (sulfide) groups is 1. The molecule has 0 bridgehead atoms. The number of hydrogen-bond acceptors (Lipinski definition) is 9. The SMILES string of the molecule is O=C(COc1ccc(Cl)cc1[C@@H]1c2sc(=O)[nH]c2S[C@H]2C(=O)N(c3ccc([N+](=O)[O-])cc3)C(=O)[C@@H]12)Nc1ccc(Cl)cc1. The first-order valence-corrected chi connectivity index (χ1v) is 15.1. The number of fused-ring (bicyclic) bond motifs is 2. The van der Waals surface area contributed by atoms with Gasteiger partial charge in [0.15, 0.2) is 6.61 Å². The van der Waals surface area contributed by atoms with Crippen LogP contribution in [0.5, 0.6) is 5.75 Å². The number of nitro benzene ring substituents is 1. The molecule has 218 valence electrons. The molecule has 6 rings (SSSR count). The van der Waals surface area contributed by atoms with Gasteiger partial charge in [-0.1, -0.05) is 46.3 Å². The fraction of sp³-hybridized carbons (Fsp3) is 0.143. The van der Waals surface area contributed by atoms with E-state index in [0.29, 0.717) is 31.2 Å². The quantitative estimate of drug-likeness (QED) is 0.151. The minimum atomic E-state index is -0.963. The number of aromatic amines is 1. The van der Waals surface area contributed by atoms with E-state index in [1.54, 1.807) is 42.5 Å². The Morgan fingerprint density at radius 1 is 1.00 bits per heavy atom. The van der Waals surface area contributed by atoms with Gasteiger partial charge < -0.3 is 15.0 Å². The van der Waals surface area contributed by atoms with Crippen molar-refractivity contribution < 1.29 is 24.0 Å². The number of amides is 3. The number of halogens is 2. The van der Waals surface area contributed by atoms with Gasteiger partial charge >= 0.3 is 4.87 Å². The predicted octanol–water partition coefficient (Wildman–Crippen LogP) is 5.46. The van der Waals surface area contributed by atoms with Crippen LogP contribution in [-0.4, -0.2) is 39.5 Å². The van der Waals surface area contributed by atoms with E-state index in [1.165, 1.54) is 24.3 Å². The zero-order valence-corrected chi connectivity index (χ0v) is 24.8. The molecule has 2 N–H and O–H groups in total. The predicted molar refractivity (Wildman–Crippen MR) is 163 cm³/mol. The molecular formula is C28H18Cl2N4O7S2. The summed E-state index contributed by atoms with van der Waals surface area (Å²) in [5.74, 6) is -3.06. The average Bonchev–Trinajstić information content (AvgIpc) is 3.47. The summed E-state index contributed by atoms with van der Waals surface area (Å²) < 4.78 is 5.92. The topological polar surface area (TPSA) is 152 Å². The maximum atomic E-state index is 14.0. The largest absolute Gasteiger partial charge is 0.483 e. The highest BCUT2D eigenvalue weighted by Crippen LogP contribution is 2.54. The number of benzene rings is 3. The van der Waals surface area contributed by atoms with E-state index in [0.717, 1.165) is 28.0 Å². The van der Waals surface area contributed by atoms with Gasteiger partial charge in [-0.3, -0.25) is 29.3 Å². The molecule has 2 aliphatic heterocycles. The fourth-order valence-electron chi connectivity index (χ4n) is 5.10. The number of hydrogen-bond donors (Lipinski definition) is 2. The van der Waals surface area contributed by atoms with Crippen LogP contribution < -0.4 is 19.8 Å². The Labute approximate surface area is 260 Å². The number of nitrogens with zero attached hydrogens (tertiary/aromatic N) is 2. The summed E-state index contributed by atoms with van der Waals surface area (Å²) >= 11 is 14.3. The number of imide groups is 1. The summed E-state index contributed by atoms with van der Waals surface area (Å²) in [5, 5.41) is 14.2. The Morgan fingerprint density at radius 2 is 1.70 bits per heavy atom. The molecule has 0 spiro atoms. The van der Waals surface area contributed by atoms with Crippen LogP contribution >= 0.6 is 46.3 Å². The van der Waals surface area contributed by atoms with Crippen molar-refractivity contribution in [1.29, 1.82) is 0 Å². The number of carbonyl (C=O) groups is 3. The molecular weight excluding hydrogens is 639 g/mol. The minimum Gasteiger partial charge on any atom is -0.483 e. The van der Waals surface area contributed by atoms with Crippen molar-refractivity contribution in [1.82, 2.24) is 4.98 Å². The second-order valence-corrected chi connectivity index (χ2v) is 12.6. The van der Waals surface area contributed by atoms with Crippen LogP contribution in [0.25, 0.3) is 0 Å².